The maximum atomic E-state index is 11.9. The fourth-order valence-corrected chi connectivity index (χ4v) is 2.64. The molecule has 2 aromatic carbocycles. The van der Waals surface area contributed by atoms with Crippen molar-refractivity contribution in [3.05, 3.63) is 70.8 Å². The van der Waals surface area contributed by atoms with Crippen LogP contribution < -0.4 is 10.8 Å². The van der Waals surface area contributed by atoms with Gasteiger partial charge >= 0.3 is 0 Å². The van der Waals surface area contributed by atoms with Crippen LogP contribution in [0.3, 0.4) is 0 Å². The highest BCUT2D eigenvalue weighted by molar-refractivity contribution is 5.85. The summed E-state index contributed by atoms with van der Waals surface area (Å²) >= 11 is 0. The van der Waals surface area contributed by atoms with Crippen molar-refractivity contribution >= 4 is 18.3 Å². The average molecular weight is 333 g/mol. The Bertz CT molecular complexity index is 647. The van der Waals surface area contributed by atoms with Gasteiger partial charge < -0.3 is 5.32 Å². The van der Waals surface area contributed by atoms with Gasteiger partial charge in [-0.3, -0.25) is 9.63 Å². The van der Waals surface area contributed by atoms with Crippen LogP contribution in [0.1, 0.15) is 22.3 Å². The van der Waals surface area contributed by atoms with Crippen molar-refractivity contribution in [3.8, 4) is 0 Å². The summed E-state index contributed by atoms with van der Waals surface area (Å²) in [6, 6.07) is 16.0. The van der Waals surface area contributed by atoms with Gasteiger partial charge in [0.15, 0.2) is 0 Å². The molecule has 0 unspecified atom stereocenters. The molecule has 3 rings (SSSR count). The van der Waals surface area contributed by atoms with Gasteiger partial charge in [-0.1, -0.05) is 48.5 Å². The Kier molecular flexibility index (Phi) is 6.59. The van der Waals surface area contributed by atoms with Crippen LogP contribution in [-0.2, 0) is 35.6 Å². The Morgan fingerprint density at radius 3 is 2.74 bits per heavy atom. The third kappa shape index (κ3) is 5.06. The number of carbonyl (C=O) groups is 1. The van der Waals surface area contributed by atoms with Crippen LogP contribution in [0.5, 0.6) is 0 Å². The lowest BCUT2D eigenvalue weighted by atomic mass is 9.97. The predicted octanol–water partition coefficient (Wildman–Crippen LogP) is 2.54. The van der Waals surface area contributed by atoms with Gasteiger partial charge in [-0.2, -0.15) is 0 Å². The molecule has 1 aliphatic rings. The molecule has 2 aromatic rings. The fourth-order valence-electron chi connectivity index (χ4n) is 2.64. The van der Waals surface area contributed by atoms with Crippen LogP contribution in [0.25, 0.3) is 0 Å². The van der Waals surface area contributed by atoms with E-state index < -0.39 is 0 Å². The van der Waals surface area contributed by atoms with Crippen LogP contribution in [0.4, 0.5) is 0 Å². The molecular formula is C18H21ClN2O2. The highest BCUT2D eigenvalue weighted by atomic mass is 35.5. The topological polar surface area (TPSA) is 50.4 Å². The lowest BCUT2D eigenvalue weighted by Crippen LogP contribution is -2.26. The minimum absolute atomic E-state index is 0. The molecule has 5 heteroatoms. The summed E-state index contributed by atoms with van der Waals surface area (Å²) in [4.78, 5) is 17.2. The molecule has 4 nitrogen and oxygen atoms in total. The molecule has 122 valence electrons. The number of rotatable bonds is 5. The number of fused-ring (bicyclic) bond motifs is 1. The van der Waals surface area contributed by atoms with Crippen molar-refractivity contribution in [2.75, 3.05) is 6.54 Å². The zero-order valence-corrected chi connectivity index (χ0v) is 13.7. The number of nitrogens with one attached hydrogen (secondary N) is 2. The molecule has 0 atom stereocenters. The monoisotopic (exact) mass is 332 g/mol. The molecule has 1 amide bonds. The fraction of sp³-hybridized carbons (Fsp3) is 0.278. The van der Waals surface area contributed by atoms with Crippen molar-refractivity contribution in [2.45, 2.75) is 26.0 Å². The van der Waals surface area contributed by atoms with E-state index in [1.54, 1.807) is 0 Å². The van der Waals surface area contributed by atoms with Gasteiger partial charge in [0, 0.05) is 6.54 Å². The normalized spacial score (nSPS) is 12.9. The molecule has 0 saturated heterocycles. The third-order valence-corrected chi connectivity index (χ3v) is 3.79. The van der Waals surface area contributed by atoms with Gasteiger partial charge in [-0.05, 0) is 35.2 Å². The molecule has 0 aliphatic carbocycles. The summed E-state index contributed by atoms with van der Waals surface area (Å²) < 4.78 is 0. The van der Waals surface area contributed by atoms with Crippen LogP contribution in [0, 0.1) is 0 Å². The lowest BCUT2D eigenvalue weighted by molar-refractivity contribution is -0.133. The third-order valence-electron chi connectivity index (χ3n) is 3.79. The Morgan fingerprint density at radius 2 is 1.91 bits per heavy atom. The zero-order chi connectivity index (χ0) is 15.2. The highest BCUT2D eigenvalue weighted by Gasteiger charge is 2.10. The van der Waals surface area contributed by atoms with Gasteiger partial charge in [0.2, 0.25) is 5.91 Å². The number of carbonyl (C=O) groups excluding carboxylic acids is 1. The largest absolute Gasteiger partial charge is 0.312 e. The quantitative estimate of drug-likeness (QED) is 0.827. The second kappa shape index (κ2) is 8.67. The lowest BCUT2D eigenvalue weighted by Gasteiger charge is -2.17. The Morgan fingerprint density at radius 1 is 1.09 bits per heavy atom. The van der Waals surface area contributed by atoms with Crippen molar-refractivity contribution in [3.63, 3.8) is 0 Å². The van der Waals surface area contributed by atoms with Crippen LogP contribution in [0.2, 0.25) is 0 Å². The molecular weight excluding hydrogens is 312 g/mol. The number of amides is 1. The van der Waals surface area contributed by atoms with Gasteiger partial charge in [0.1, 0.15) is 0 Å². The van der Waals surface area contributed by atoms with Crippen LogP contribution >= 0.6 is 12.4 Å². The van der Waals surface area contributed by atoms with Gasteiger partial charge in [0.05, 0.1) is 13.0 Å². The SMILES string of the molecule is Cl.O=C(Cc1ccc2c(c1)CNCC2)NOCc1ccccc1. The van der Waals surface area contributed by atoms with E-state index in [0.717, 1.165) is 30.6 Å². The molecule has 0 aromatic heterocycles. The van der Waals surface area contributed by atoms with E-state index in [2.05, 4.69) is 22.9 Å². The average Bonchev–Trinajstić information content (AvgIpc) is 2.56. The van der Waals surface area contributed by atoms with Crippen molar-refractivity contribution in [1.29, 1.82) is 0 Å². The summed E-state index contributed by atoms with van der Waals surface area (Å²) in [6.07, 6.45) is 1.39. The summed E-state index contributed by atoms with van der Waals surface area (Å²) in [6.45, 7) is 2.29. The summed E-state index contributed by atoms with van der Waals surface area (Å²) in [5.74, 6) is -0.125. The first-order valence-corrected chi connectivity index (χ1v) is 7.57. The van der Waals surface area contributed by atoms with E-state index in [-0.39, 0.29) is 18.3 Å². The molecule has 0 saturated carbocycles. The summed E-state index contributed by atoms with van der Waals surface area (Å²) in [7, 11) is 0. The van der Waals surface area contributed by atoms with E-state index >= 15 is 0 Å². The second-order valence-corrected chi connectivity index (χ2v) is 5.51. The molecule has 1 aliphatic heterocycles. The van der Waals surface area contributed by atoms with Crippen molar-refractivity contribution < 1.29 is 9.63 Å². The number of halogens is 1. The first kappa shape index (κ1) is 17.5. The minimum Gasteiger partial charge on any atom is -0.312 e. The zero-order valence-electron chi connectivity index (χ0n) is 12.9. The van der Waals surface area contributed by atoms with E-state index in [4.69, 9.17) is 4.84 Å². The Balaban J connectivity index is 0.00000192. The second-order valence-electron chi connectivity index (χ2n) is 5.51. The number of hydrogen-bond donors (Lipinski definition) is 2. The summed E-state index contributed by atoms with van der Waals surface area (Å²) in [5.41, 5.74) is 7.22. The van der Waals surface area contributed by atoms with Crippen LogP contribution in [0.15, 0.2) is 48.5 Å². The predicted molar refractivity (Wildman–Crippen MR) is 92.2 cm³/mol. The maximum Gasteiger partial charge on any atom is 0.247 e. The number of hydrogen-bond acceptors (Lipinski definition) is 3. The Hall–Kier alpha value is -1.88. The van der Waals surface area contributed by atoms with Crippen molar-refractivity contribution in [1.82, 2.24) is 10.8 Å². The first-order chi connectivity index (χ1) is 10.8. The molecule has 1 heterocycles. The molecule has 0 spiro atoms. The van der Waals surface area contributed by atoms with Gasteiger partial charge in [-0.15, -0.1) is 12.4 Å². The molecule has 0 radical (unpaired) electrons. The van der Waals surface area contributed by atoms with Gasteiger partial charge in [-0.25, -0.2) is 5.48 Å². The Labute approximate surface area is 142 Å². The first-order valence-electron chi connectivity index (χ1n) is 7.57. The van der Waals surface area contributed by atoms with Crippen LogP contribution in [-0.4, -0.2) is 12.5 Å². The van der Waals surface area contributed by atoms with E-state index in [1.165, 1.54) is 11.1 Å². The van der Waals surface area contributed by atoms with E-state index in [0.29, 0.717) is 13.0 Å². The van der Waals surface area contributed by atoms with Crippen molar-refractivity contribution in [2.24, 2.45) is 0 Å². The van der Waals surface area contributed by atoms with Gasteiger partial charge in [0.25, 0.3) is 0 Å². The standard InChI is InChI=1S/C18H20N2O2.ClH/c21-18(20-22-13-14-4-2-1-3-5-14)11-15-6-7-16-8-9-19-12-17(16)10-15;/h1-7,10,19H,8-9,11-13H2,(H,20,21);1H. The molecule has 23 heavy (non-hydrogen) atoms. The maximum absolute atomic E-state index is 11.9. The molecule has 0 bridgehead atoms. The van der Waals surface area contributed by atoms with E-state index in [1.807, 2.05) is 36.4 Å². The highest BCUT2D eigenvalue weighted by Crippen LogP contribution is 2.16. The minimum atomic E-state index is -0.125. The number of benzene rings is 2. The number of hydroxylamine groups is 1. The summed E-state index contributed by atoms with van der Waals surface area (Å²) in [5, 5.41) is 3.35. The smallest absolute Gasteiger partial charge is 0.247 e. The molecule has 2 N–H and O–H groups in total. The molecule has 0 fully saturated rings. The van der Waals surface area contributed by atoms with E-state index in [9.17, 15) is 4.79 Å².